The molecule has 13 nitrogen and oxygen atoms in total. The minimum absolute atomic E-state index is 0.0578. The van der Waals surface area contributed by atoms with Crippen LogP contribution in [0.2, 0.25) is 0 Å². The number of carbonyl (C=O) groups is 2. The van der Waals surface area contributed by atoms with E-state index in [1.807, 2.05) is 30.3 Å². The van der Waals surface area contributed by atoms with Crippen LogP contribution in [0.5, 0.6) is 11.5 Å². The average molecular weight is 754 g/mol. The molecule has 0 spiro atoms. The minimum atomic E-state index is -3.67. The Bertz CT molecular complexity index is 2570. The fraction of sp³-hybridized carbons (Fsp3) is 0.184. The van der Waals surface area contributed by atoms with E-state index in [-0.39, 0.29) is 28.6 Å². The lowest BCUT2D eigenvalue weighted by Crippen LogP contribution is -2.40. The number of rotatable bonds is 11. The number of esters is 2. The zero-order valence-electron chi connectivity index (χ0n) is 29.5. The zero-order chi connectivity index (χ0) is 38.0. The van der Waals surface area contributed by atoms with E-state index in [9.17, 15) is 22.8 Å². The van der Waals surface area contributed by atoms with Crippen molar-refractivity contribution in [3.05, 3.63) is 134 Å². The van der Waals surface area contributed by atoms with E-state index in [1.165, 1.54) is 57.0 Å². The fourth-order valence-electron chi connectivity index (χ4n) is 5.77. The number of benzene rings is 3. The molecule has 3 heterocycles. The van der Waals surface area contributed by atoms with Crippen LogP contribution in [0.4, 0.5) is 0 Å². The SMILES string of the molecule is C=CCOC(=O)C1=C(C)N=c2sc(=Cc3cn(-c4ccccc4)nc3-c3ccc(S(=O)(=O)N(C)C)cc3)c(=O)n2C1c1ccc(OC(C)=O)c(OC)c1. The van der Waals surface area contributed by atoms with Gasteiger partial charge in [-0.1, -0.05) is 60.4 Å². The molecule has 0 fully saturated rings. The lowest BCUT2D eigenvalue weighted by atomic mass is 9.95. The third-order valence-electron chi connectivity index (χ3n) is 8.29. The van der Waals surface area contributed by atoms with Gasteiger partial charge in [0.2, 0.25) is 10.0 Å². The second kappa shape index (κ2) is 15.0. The fourth-order valence-corrected chi connectivity index (χ4v) is 7.71. The summed E-state index contributed by atoms with van der Waals surface area (Å²) in [5, 5.41) is 4.84. The number of carbonyl (C=O) groups excluding carboxylic acids is 2. The third-order valence-corrected chi connectivity index (χ3v) is 11.1. The van der Waals surface area contributed by atoms with Crippen LogP contribution in [0.1, 0.15) is 31.0 Å². The van der Waals surface area contributed by atoms with Crippen LogP contribution in [0.3, 0.4) is 0 Å². The molecule has 0 bridgehead atoms. The molecule has 6 rings (SSSR count). The molecule has 0 amide bonds. The Labute approximate surface area is 309 Å². The maximum atomic E-state index is 14.5. The van der Waals surface area contributed by atoms with E-state index in [0.29, 0.717) is 37.4 Å². The molecule has 15 heteroatoms. The second-order valence-corrected chi connectivity index (χ2v) is 15.2. The molecular formula is C38H35N5O8S2. The molecule has 53 heavy (non-hydrogen) atoms. The van der Waals surface area contributed by atoms with Crippen molar-refractivity contribution < 1.29 is 32.2 Å². The monoisotopic (exact) mass is 753 g/mol. The van der Waals surface area contributed by atoms with Crippen molar-refractivity contribution in [2.45, 2.75) is 24.8 Å². The van der Waals surface area contributed by atoms with Gasteiger partial charge in [-0.25, -0.2) is 27.2 Å². The zero-order valence-corrected chi connectivity index (χ0v) is 31.1. The summed E-state index contributed by atoms with van der Waals surface area (Å²) in [5.74, 6) is -0.837. The van der Waals surface area contributed by atoms with Crippen molar-refractivity contribution in [3.63, 3.8) is 0 Å². The van der Waals surface area contributed by atoms with Crippen molar-refractivity contribution >= 4 is 39.4 Å². The Morgan fingerprint density at radius 2 is 1.75 bits per heavy atom. The maximum absolute atomic E-state index is 14.5. The Kier molecular flexibility index (Phi) is 10.4. The van der Waals surface area contributed by atoms with Gasteiger partial charge in [0.05, 0.1) is 45.2 Å². The predicted molar refractivity (Wildman–Crippen MR) is 199 cm³/mol. The largest absolute Gasteiger partial charge is 0.493 e. The van der Waals surface area contributed by atoms with Crippen LogP contribution in [0.25, 0.3) is 23.0 Å². The predicted octanol–water partition coefficient (Wildman–Crippen LogP) is 4.00. The van der Waals surface area contributed by atoms with Crippen LogP contribution in [-0.4, -0.2) is 66.8 Å². The highest BCUT2D eigenvalue weighted by atomic mass is 32.2. The summed E-state index contributed by atoms with van der Waals surface area (Å²) in [6.45, 7) is 6.51. The lowest BCUT2D eigenvalue weighted by molar-refractivity contribution is -0.138. The summed E-state index contributed by atoms with van der Waals surface area (Å²) < 4.78 is 46.3. The number of thiazole rings is 1. The number of fused-ring (bicyclic) bond motifs is 1. The number of para-hydroxylation sites is 1. The molecule has 0 aliphatic carbocycles. The molecule has 0 radical (unpaired) electrons. The third kappa shape index (κ3) is 7.26. The Balaban J connectivity index is 1.54. The molecule has 1 atom stereocenters. The smallest absolute Gasteiger partial charge is 0.338 e. The van der Waals surface area contributed by atoms with Gasteiger partial charge in [0, 0.05) is 38.3 Å². The van der Waals surface area contributed by atoms with Crippen LogP contribution >= 0.6 is 11.3 Å². The quantitative estimate of drug-likeness (QED) is 0.111. The van der Waals surface area contributed by atoms with E-state index in [4.69, 9.17) is 19.3 Å². The summed E-state index contributed by atoms with van der Waals surface area (Å²) >= 11 is 1.13. The summed E-state index contributed by atoms with van der Waals surface area (Å²) in [4.78, 5) is 44.9. The summed E-state index contributed by atoms with van der Waals surface area (Å²) in [6.07, 6.45) is 4.93. The van der Waals surface area contributed by atoms with Gasteiger partial charge in [0.25, 0.3) is 5.56 Å². The van der Waals surface area contributed by atoms with Crippen molar-refractivity contribution in [3.8, 4) is 28.4 Å². The number of aromatic nitrogens is 3. The minimum Gasteiger partial charge on any atom is -0.493 e. The van der Waals surface area contributed by atoms with Crippen LogP contribution in [0, 0.1) is 0 Å². The van der Waals surface area contributed by atoms with E-state index in [2.05, 4.69) is 11.6 Å². The number of hydrogen-bond donors (Lipinski definition) is 0. The summed E-state index contributed by atoms with van der Waals surface area (Å²) in [7, 11) is 0.681. The van der Waals surface area contributed by atoms with Crippen molar-refractivity contribution in [2.75, 3.05) is 27.8 Å². The van der Waals surface area contributed by atoms with Crippen molar-refractivity contribution in [2.24, 2.45) is 4.99 Å². The van der Waals surface area contributed by atoms with Crippen LogP contribution in [0.15, 0.2) is 118 Å². The molecule has 1 aliphatic rings. The van der Waals surface area contributed by atoms with Gasteiger partial charge in [0.1, 0.15) is 6.61 Å². The number of sulfonamides is 1. The van der Waals surface area contributed by atoms with Crippen molar-refractivity contribution in [1.82, 2.24) is 18.7 Å². The molecule has 3 aromatic carbocycles. The molecular weight excluding hydrogens is 719 g/mol. The van der Waals surface area contributed by atoms with E-state index < -0.39 is 33.6 Å². The maximum Gasteiger partial charge on any atom is 0.338 e. The van der Waals surface area contributed by atoms with E-state index in [0.717, 1.165) is 21.3 Å². The Morgan fingerprint density at radius 1 is 1.04 bits per heavy atom. The first-order valence-corrected chi connectivity index (χ1v) is 18.4. The number of nitrogens with zero attached hydrogens (tertiary/aromatic N) is 5. The highest BCUT2D eigenvalue weighted by Gasteiger charge is 2.34. The number of ether oxygens (including phenoxy) is 3. The molecule has 0 saturated heterocycles. The van der Waals surface area contributed by atoms with Gasteiger partial charge < -0.3 is 14.2 Å². The topological polar surface area (TPSA) is 151 Å². The molecule has 1 aliphatic heterocycles. The lowest BCUT2D eigenvalue weighted by Gasteiger charge is -2.25. The highest BCUT2D eigenvalue weighted by molar-refractivity contribution is 7.89. The van der Waals surface area contributed by atoms with Gasteiger partial charge in [0.15, 0.2) is 16.3 Å². The first-order chi connectivity index (χ1) is 25.3. The standard InChI is InChI=1S/C38H35N5O8S2/c1-7-19-50-37(46)33-23(2)39-38-43(35(33)26-15-18-30(51-24(3)44)31(20-26)49-6)36(45)32(52-38)21-27-22-42(28-11-9-8-10-12-28)40-34(27)25-13-16-29(17-14-25)53(47,48)41(4)5/h7-18,20-22,35H,1,19H2,2-6H3. The van der Waals surface area contributed by atoms with Gasteiger partial charge >= 0.3 is 11.9 Å². The van der Waals surface area contributed by atoms with Gasteiger partial charge in [-0.2, -0.15) is 5.10 Å². The second-order valence-electron chi connectivity index (χ2n) is 12.0. The van der Waals surface area contributed by atoms with E-state index in [1.54, 1.807) is 48.1 Å². The summed E-state index contributed by atoms with van der Waals surface area (Å²) in [6, 6.07) is 19.6. The normalized spacial score (nSPS) is 14.5. The number of allylic oxidation sites excluding steroid dienone is 1. The average Bonchev–Trinajstić information content (AvgIpc) is 3.70. The molecule has 1 unspecified atom stereocenters. The van der Waals surface area contributed by atoms with Crippen LogP contribution in [-0.2, 0) is 24.3 Å². The molecule has 0 N–H and O–H groups in total. The number of hydrogen-bond acceptors (Lipinski definition) is 11. The molecule has 0 saturated carbocycles. The first-order valence-electron chi connectivity index (χ1n) is 16.2. The van der Waals surface area contributed by atoms with Gasteiger partial charge in [-0.15, -0.1) is 0 Å². The van der Waals surface area contributed by atoms with Gasteiger partial charge in [-0.3, -0.25) is 14.2 Å². The van der Waals surface area contributed by atoms with Gasteiger partial charge in [-0.05, 0) is 55.0 Å². The molecule has 2 aromatic heterocycles. The van der Waals surface area contributed by atoms with Crippen LogP contribution < -0.4 is 24.4 Å². The van der Waals surface area contributed by atoms with Crippen molar-refractivity contribution in [1.29, 1.82) is 0 Å². The highest BCUT2D eigenvalue weighted by Crippen LogP contribution is 2.36. The Hall–Kier alpha value is -5.90. The molecule has 272 valence electrons. The van der Waals surface area contributed by atoms with E-state index >= 15 is 0 Å². The summed E-state index contributed by atoms with van der Waals surface area (Å²) in [5.41, 5.74) is 3.00. The Morgan fingerprint density at radius 3 is 2.40 bits per heavy atom. The molecule has 5 aromatic rings. The first kappa shape index (κ1) is 36.9. The number of methoxy groups -OCH3 is 1.